The molecular formula is C14H21N5S. The van der Waals surface area contributed by atoms with Crippen molar-refractivity contribution in [2.24, 2.45) is 0 Å². The van der Waals surface area contributed by atoms with Crippen LogP contribution in [0.2, 0.25) is 0 Å². The van der Waals surface area contributed by atoms with Gasteiger partial charge in [-0.25, -0.2) is 4.98 Å². The number of thiophene rings is 1. The number of nitrogens with one attached hydrogen (secondary N) is 1. The number of hydrogen-bond donors (Lipinski definition) is 1. The zero-order chi connectivity index (χ0) is 13.9. The minimum Gasteiger partial charge on any atom is -0.354 e. The van der Waals surface area contributed by atoms with E-state index in [1.54, 1.807) is 11.3 Å². The van der Waals surface area contributed by atoms with Crippen molar-refractivity contribution in [3.8, 4) is 0 Å². The third-order valence-corrected chi connectivity index (χ3v) is 4.45. The van der Waals surface area contributed by atoms with E-state index in [1.807, 2.05) is 0 Å². The van der Waals surface area contributed by atoms with Gasteiger partial charge >= 0.3 is 0 Å². The first-order valence-electron chi connectivity index (χ1n) is 7.20. The monoisotopic (exact) mass is 291 g/mol. The topological polar surface area (TPSA) is 44.3 Å². The maximum absolute atomic E-state index is 4.75. The fourth-order valence-corrected chi connectivity index (χ4v) is 3.17. The average Bonchev–Trinajstić information content (AvgIpc) is 2.93. The Morgan fingerprint density at radius 2 is 2.05 bits per heavy atom. The first-order valence-corrected chi connectivity index (χ1v) is 8.08. The van der Waals surface area contributed by atoms with Gasteiger partial charge in [0.25, 0.3) is 0 Å². The molecule has 1 saturated heterocycles. The molecule has 1 N–H and O–H groups in total. The number of rotatable bonds is 4. The van der Waals surface area contributed by atoms with Gasteiger partial charge in [-0.2, -0.15) is 4.98 Å². The molecule has 20 heavy (non-hydrogen) atoms. The van der Waals surface area contributed by atoms with Crippen molar-refractivity contribution >= 4 is 33.3 Å². The number of anilines is 2. The molecule has 6 heteroatoms. The van der Waals surface area contributed by atoms with E-state index >= 15 is 0 Å². The van der Waals surface area contributed by atoms with Gasteiger partial charge in [-0.05, 0) is 24.9 Å². The summed E-state index contributed by atoms with van der Waals surface area (Å²) in [4.78, 5) is 15.2. The number of hydrogen-bond acceptors (Lipinski definition) is 6. The Hall–Kier alpha value is -1.40. The second-order valence-electron chi connectivity index (χ2n) is 5.23. The smallest absolute Gasteiger partial charge is 0.226 e. The first-order chi connectivity index (χ1) is 9.78. The van der Waals surface area contributed by atoms with Crippen LogP contribution in [0.4, 0.5) is 11.8 Å². The highest BCUT2D eigenvalue weighted by molar-refractivity contribution is 7.16. The van der Waals surface area contributed by atoms with E-state index < -0.39 is 0 Å². The minimum absolute atomic E-state index is 0.760. The number of fused-ring (bicyclic) bond motifs is 1. The molecule has 0 aromatic carbocycles. The van der Waals surface area contributed by atoms with E-state index in [2.05, 4.69) is 45.5 Å². The summed E-state index contributed by atoms with van der Waals surface area (Å²) in [5, 5.41) is 6.59. The van der Waals surface area contributed by atoms with Gasteiger partial charge in [-0.15, -0.1) is 11.3 Å². The molecule has 108 valence electrons. The van der Waals surface area contributed by atoms with Gasteiger partial charge in [-0.3, -0.25) is 0 Å². The Bertz CT molecular complexity index is 574. The number of aromatic nitrogens is 2. The molecule has 0 unspecified atom stereocenters. The molecule has 1 aliphatic rings. The lowest BCUT2D eigenvalue weighted by Crippen LogP contribution is -2.44. The predicted molar refractivity (Wildman–Crippen MR) is 85.9 cm³/mol. The maximum Gasteiger partial charge on any atom is 0.226 e. The lowest BCUT2D eigenvalue weighted by atomic mass is 10.3. The van der Waals surface area contributed by atoms with Crippen LogP contribution in [0.25, 0.3) is 10.2 Å². The lowest BCUT2D eigenvalue weighted by molar-refractivity contribution is 0.312. The summed E-state index contributed by atoms with van der Waals surface area (Å²) >= 11 is 1.69. The first kappa shape index (κ1) is 13.6. The second kappa shape index (κ2) is 5.93. The van der Waals surface area contributed by atoms with Crippen LogP contribution >= 0.6 is 11.3 Å². The summed E-state index contributed by atoms with van der Waals surface area (Å²) in [7, 11) is 2.17. The summed E-state index contributed by atoms with van der Waals surface area (Å²) < 4.78 is 0. The molecule has 2 aromatic rings. The second-order valence-corrected chi connectivity index (χ2v) is 6.12. The number of likely N-dealkylation sites (N-methyl/N-ethyl adjacent to an activating group) is 1. The van der Waals surface area contributed by atoms with Crippen LogP contribution in [0.5, 0.6) is 0 Å². The lowest BCUT2D eigenvalue weighted by Gasteiger charge is -2.33. The molecule has 5 nitrogen and oxygen atoms in total. The zero-order valence-corrected chi connectivity index (χ0v) is 12.9. The van der Waals surface area contributed by atoms with Crippen molar-refractivity contribution in [3.05, 3.63) is 11.4 Å². The highest BCUT2D eigenvalue weighted by atomic mass is 32.1. The summed E-state index contributed by atoms with van der Waals surface area (Å²) in [6.07, 6.45) is 1.08. The van der Waals surface area contributed by atoms with Crippen LogP contribution in [0.1, 0.15) is 13.3 Å². The van der Waals surface area contributed by atoms with E-state index in [0.717, 1.165) is 55.7 Å². The number of nitrogens with zero attached hydrogens (tertiary/aromatic N) is 4. The SMILES string of the molecule is CCCNc1nc(N2CCN(C)CC2)c2ccsc2n1. The molecule has 3 heterocycles. The number of piperazine rings is 1. The van der Waals surface area contributed by atoms with Crippen molar-refractivity contribution in [2.45, 2.75) is 13.3 Å². The van der Waals surface area contributed by atoms with Crippen molar-refractivity contribution in [1.29, 1.82) is 0 Å². The van der Waals surface area contributed by atoms with Crippen molar-refractivity contribution in [3.63, 3.8) is 0 Å². The third kappa shape index (κ3) is 2.71. The fourth-order valence-electron chi connectivity index (χ4n) is 2.41. The van der Waals surface area contributed by atoms with E-state index in [-0.39, 0.29) is 0 Å². The van der Waals surface area contributed by atoms with Gasteiger partial charge in [0, 0.05) is 32.7 Å². The zero-order valence-electron chi connectivity index (χ0n) is 12.1. The molecule has 0 bridgehead atoms. The molecule has 0 atom stereocenters. The van der Waals surface area contributed by atoms with E-state index in [9.17, 15) is 0 Å². The van der Waals surface area contributed by atoms with Crippen LogP contribution in [-0.4, -0.2) is 54.6 Å². The van der Waals surface area contributed by atoms with Gasteiger partial charge in [-0.1, -0.05) is 6.92 Å². The van der Waals surface area contributed by atoms with Gasteiger partial charge in [0.05, 0.1) is 5.39 Å². The molecule has 0 amide bonds. The van der Waals surface area contributed by atoms with E-state index in [0.29, 0.717) is 0 Å². The standard InChI is InChI=1S/C14H21N5S/c1-3-5-15-14-16-12(11-4-10-20-13(11)17-14)19-8-6-18(2)7-9-19/h4,10H,3,5-9H2,1-2H3,(H,15,16,17). The Kier molecular flexibility index (Phi) is 4.03. The van der Waals surface area contributed by atoms with Gasteiger partial charge in [0.2, 0.25) is 5.95 Å². The Balaban J connectivity index is 1.93. The molecule has 2 aromatic heterocycles. The van der Waals surface area contributed by atoms with Gasteiger partial charge in [0.15, 0.2) is 0 Å². The van der Waals surface area contributed by atoms with Gasteiger partial charge < -0.3 is 15.1 Å². The Morgan fingerprint density at radius 3 is 2.80 bits per heavy atom. The van der Waals surface area contributed by atoms with Crippen LogP contribution in [0, 0.1) is 0 Å². The molecule has 1 fully saturated rings. The minimum atomic E-state index is 0.760. The fraction of sp³-hybridized carbons (Fsp3) is 0.571. The average molecular weight is 291 g/mol. The van der Waals surface area contributed by atoms with Crippen LogP contribution in [-0.2, 0) is 0 Å². The summed E-state index contributed by atoms with van der Waals surface area (Å²) in [6.45, 7) is 7.31. The van der Waals surface area contributed by atoms with Crippen molar-refractivity contribution in [2.75, 3.05) is 50.0 Å². The molecule has 0 aliphatic carbocycles. The molecular weight excluding hydrogens is 270 g/mol. The molecule has 0 saturated carbocycles. The van der Waals surface area contributed by atoms with Gasteiger partial charge in [0.1, 0.15) is 10.6 Å². The van der Waals surface area contributed by atoms with Crippen LogP contribution < -0.4 is 10.2 Å². The van der Waals surface area contributed by atoms with E-state index in [4.69, 9.17) is 4.98 Å². The summed E-state index contributed by atoms with van der Waals surface area (Å²) in [6, 6.07) is 2.14. The highest BCUT2D eigenvalue weighted by Crippen LogP contribution is 2.29. The predicted octanol–water partition coefficient (Wildman–Crippen LogP) is 2.26. The quantitative estimate of drug-likeness (QED) is 0.936. The normalized spacial score (nSPS) is 16.8. The Labute approximate surface area is 123 Å². The highest BCUT2D eigenvalue weighted by Gasteiger charge is 2.19. The van der Waals surface area contributed by atoms with E-state index in [1.165, 1.54) is 5.39 Å². The van der Waals surface area contributed by atoms with Crippen molar-refractivity contribution in [1.82, 2.24) is 14.9 Å². The summed E-state index contributed by atoms with van der Waals surface area (Å²) in [5.41, 5.74) is 0. The van der Waals surface area contributed by atoms with Crippen LogP contribution in [0.15, 0.2) is 11.4 Å². The Morgan fingerprint density at radius 1 is 1.25 bits per heavy atom. The molecule has 3 rings (SSSR count). The maximum atomic E-state index is 4.75. The largest absolute Gasteiger partial charge is 0.354 e. The summed E-state index contributed by atoms with van der Waals surface area (Å²) in [5.74, 6) is 1.85. The van der Waals surface area contributed by atoms with Crippen LogP contribution in [0.3, 0.4) is 0 Å². The molecule has 0 spiro atoms. The van der Waals surface area contributed by atoms with Crippen molar-refractivity contribution < 1.29 is 0 Å². The third-order valence-electron chi connectivity index (χ3n) is 3.64. The molecule has 1 aliphatic heterocycles. The molecule has 0 radical (unpaired) electrons.